The van der Waals surface area contributed by atoms with Crippen molar-refractivity contribution in [1.29, 1.82) is 0 Å². The fourth-order valence-electron chi connectivity index (χ4n) is 1.28. The largest absolute Gasteiger partial charge is 0.388 e. The number of hydrogen-bond acceptors (Lipinski definition) is 2. The first-order valence-electron chi connectivity index (χ1n) is 5.32. The highest BCUT2D eigenvalue weighted by molar-refractivity contribution is 6.42. The molecule has 13 heavy (non-hydrogen) atoms. The highest BCUT2D eigenvalue weighted by atomic mass is 28.3. The van der Waals surface area contributed by atoms with Crippen molar-refractivity contribution in [1.82, 2.24) is 0 Å². The van der Waals surface area contributed by atoms with Gasteiger partial charge in [-0.05, 0) is 24.9 Å². The summed E-state index contributed by atoms with van der Waals surface area (Å²) >= 11 is 0. The summed E-state index contributed by atoms with van der Waals surface area (Å²) in [4.78, 5) is 0. The van der Waals surface area contributed by atoms with Gasteiger partial charge < -0.3 is 9.20 Å². The Morgan fingerprint density at radius 2 is 1.69 bits per heavy atom. The molecule has 0 rings (SSSR count). The molecule has 0 N–H and O–H groups in total. The van der Waals surface area contributed by atoms with Crippen molar-refractivity contribution < 1.29 is 9.20 Å². The second kappa shape index (κ2) is 10.1. The third kappa shape index (κ3) is 9.89. The molecule has 0 amide bonds. The van der Waals surface area contributed by atoms with Crippen LogP contribution in [-0.4, -0.2) is 22.4 Å². The first kappa shape index (κ1) is 13.0. The zero-order valence-corrected chi connectivity index (χ0v) is 9.97. The summed E-state index contributed by atoms with van der Waals surface area (Å²) in [6.45, 7) is 2.89. The second-order valence-corrected chi connectivity index (χ2v) is 5.69. The van der Waals surface area contributed by atoms with Crippen LogP contribution in [-0.2, 0) is 9.20 Å². The molecule has 3 heteroatoms. The van der Waals surface area contributed by atoms with Gasteiger partial charge in [-0.15, -0.1) is 0 Å². The third-order valence-corrected chi connectivity index (χ3v) is 3.90. The van der Waals surface area contributed by atoms with E-state index in [1.807, 2.05) is 6.92 Å². The summed E-state index contributed by atoms with van der Waals surface area (Å²) in [6.07, 6.45) is 6.07. The molecule has 0 atom stereocenters. The van der Waals surface area contributed by atoms with E-state index in [1.54, 1.807) is 7.11 Å². The first-order chi connectivity index (χ1) is 6.31. The van der Waals surface area contributed by atoms with Crippen molar-refractivity contribution in [2.24, 2.45) is 0 Å². The molecule has 0 aromatic rings. The lowest BCUT2D eigenvalue weighted by molar-refractivity contribution is 0.192. The van der Waals surface area contributed by atoms with E-state index in [4.69, 9.17) is 4.74 Å². The Morgan fingerprint density at radius 3 is 2.31 bits per heavy atom. The molecule has 78 valence electrons. The van der Waals surface area contributed by atoms with Crippen molar-refractivity contribution in [2.45, 2.75) is 51.1 Å². The maximum atomic E-state index is 11.1. The lowest BCUT2D eigenvalue weighted by atomic mass is 10.2. The molecule has 0 aliphatic rings. The molecule has 0 radical (unpaired) electrons. The van der Waals surface area contributed by atoms with Crippen LogP contribution in [0.4, 0.5) is 0 Å². The van der Waals surface area contributed by atoms with E-state index in [1.165, 1.54) is 25.7 Å². The topological polar surface area (TPSA) is 26.3 Å². The second-order valence-electron chi connectivity index (χ2n) is 3.40. The van der Waals surface area contributed by atoms with Gasteiger partial charge in [-0.3, -0.25) is 0 Å². The number of hydrogen-bond donors (Lipinski definition) is 0. The third-order valence-electron chi connectivity index (χ3n) is 2.20. The average molecular weight is 202 g/mol. The van der Waals surface area contributed by atoms with E-state index in [0.717, 1.165) is 25.1 Å². The highest BCUT2D eigenvalue weighted by Gasteiger charge is 2.00. The van der Waals surface area contributed by atoms with Crippen LogP contribution < -0.4 is 0 Å². The van der Waals surface area contributed by atoms with Gasteiger partial charge in [-0.1, -0.05) is 26.2 Å². The monoisotopic (exact) mass is 202 g/mol. The molecule has 0 aliphatic carbocycles. The smallest absolute Gasteiger partial charge is 0.276 e. The van der Waals surface area contributed by atoms with Gasteiger partial charge in [0.05, 0.1) is 0 Å². The van der Waals surface area contributed by atoms with Crippen LogP contribution in [0.25, 0.3) is 0 Å². The Labute approximate surface area is 83.3 Å². The number of ether oxygens (including phenoxy) is 1. The number of rotatable bonds is 9. The summed E-state index contributed by atoms with van der Waals surface area (Å²) in [7, 11) is 0.543. The van der Waals surface area contributed by atoms with Gasteiger partial charge >= 0.3 is 0 Å². The molecule has 0 spiro atoms. The lowest BCUT2D eigenvalue weighted by Gasteiger charge is -1.99. The lowest BCUT2D eigenvalue weighted by Crippen LogP contribution is -1.95. The molecular formula is C10H22O2Si. The molecule has 0 heterocycles. The quantitative estimate of drug-likeness (QED) is 0.424. The van der Waals surface area contributed by atoms with Crippen LogP contribution in [0.15, 0.2) is 0 Å². The zero-order chi connectivity index (χ0) is 9.94. The highest BCUT2D eigenvalue weighted by Crippen LogP contribution is 2.06. The van der Waals surface area contributed by atoms with E-state index in [-0.39, 0.29) is 0 Å². The molecular weight excluding hydrogens is 180 g/mol. The fourth-order valence-corrected chi connectivity index (χ4v) is 2.27. The molecule has 2 nitrogen and oxygen atoms in total. The maximum absolute atomic E-state index is 11.1. The maximum Gasteiger partial charge on any atom is 0.276 e. The fraction of sp³-hybridized carbons (Fsp3) is 1.00. The molecule has 0 aromatic carbocycles. The van der Waals surface area contributed by atoms with Crippen molar-refractivity contribution in [3.05, 3.63) is 0 Å². The minimum absolute atomic E-state index is 0.881. The van der Waals surface area contributed by atoms with Gasteiger partial charge in [-0.25, -0.2) is 0 Å². The Kier molecular flexibility index (Phi) is 10.0. The zero-order valence-electron chi connectivity index (χ0n) is 8.97. The molecule has 0 saturated carbocycles. The Bertz CT molecular complexity index is 126. The SMILES string of the molecule is CC[Si](=O)CCCCCCCOC. The van der Waals surface area contributed by atoms with E-state index in [0.29, 0.717) is 0 Å². The Morgan fingerprint density at radius 1 is 1.08 bits per heavy atom. The standard InChI is InChI=1S/C10H22O2Si/c1-3-13(11)10-8-6-4-5-7-9-12-2/h3-10H2,1-2H3. The molecule has 0 saturated heterocycles. The van der Waals surface area contributed by atoms with Gasteiger partial charge in [0.15, 0.2) is 0 Å². The summed E-state index contributed by atoms with van der Waals surface area (Å²) in [5.41, 5.74) is 0. The van der Waals surface area contributed by atoms with Gasteiger partial charge in [0, 0.05) is 13.7 Å². The summed E-state index contributed by atoms with van der Waals surface area (Å²) in [5.74, 6) is 0. The first-order valence-corrected chi connectivity index (χ1v) is 7.14. The van der Waals surface area contributed by atoms with Crippen LogP contribution in [0.5, 0.6) is 0 Å². The summed E-state index contributed by atoms with van der Waals surface area (Å²) in [6, 6.07) is 1.85. The van der Waals surface area contributed by atoms with Gasteiger partial charge in [0.2, 0.25) is 0 Å². The predicted octanol–water partition coefficient (Wildman–Crippen LogP) is 3.03. The normalized spacial score (nSPS) is 10.3. The van der Waals surface area contributed by atoms with E-state index in [2.05, 4.69) is 0 Å². The molecule has 0 aromatic heterocycles. The molecule has 0 fully saturated rings. The van der Waals surface area contributed by atoms with Crippen molar-refractivity contribution in [3.63, 3.8) is 0 Å². The minimum Gasteiger partial charge on any atom is -0.388 e. The van der Waals surface area contributed by atoms with Crippen LogP contribution in [0.3, 0.4) is 0 Å². The van der Waals surface area contributed by atoms with Crippen LogP contribution >= 0.6 is 0 Å². The van der Waals surface area contributed by atoms with E-state index < -0.39 is 8.68 Å². The minimum atomic E-state index is -1.20. The number of unbranched alkanes of at least 4 members (excludes halogenated alkanes) is 4. The van der Waals surface area contributed by atoms with Crippen LogP contribution in [0.2, 0.25) is 12.1 Å². The van der Waals surface area contributed by atoms with Crippen LogP contribution in [0, 0.1) is 0 Å². The number of methoxy groups -OCH3 is 1. The summed E-state index contributed by atoms with van der Waals surface area (Å²) < 4.78 is 16.1. The Balaban J connectivity index is 2.95. The molecule has 0 bridgehead atoms. The molecule has 0 unspecified atom stereocenters. The van der Waals surface area contributed by atoms with Gasteiger partial charge in [-0.2, -0.15) is 0 Å². The van der Waals surface area contributed by atoms with E-state index in [9.17, 15) is 4.46 Å². The Hall–Kier alpha value is -0.0231. The summed E-state index contributed by atoms with van der Waals surface area (Å²) in [5, 5.41) is 0. The van der Waals surface area contributed by atoms with Crippen molar-refractivity contribution in [2.75, 3.05) is 13.7 Å². The van der Waals surface area contributed by atoms with Gasteiger partial charge in [0.1, 0.15) is 0 Å². The van der Waals surface area contributed by atoms with E-state index >= 15 is 0 Å². The van der Waals surface area contributed by atoms with Crippen molar-refractivity contribution >= 4 is 8.68 Å². The van der Waals surface area contributed by atoms with Crippen molar-refractivity contribution in [3.8, 4) is 0 Å². The van der Waals surface area contributed by atoms with Gasteiger partial charge in [0.25, 0.3) is 8.68 Å². The average Bonchev–Trinajstić information content (AvgIpc) is 2.16. The van der Waals surface area contributed by atoms with Crippen LogP contribution in [0.1, 0.15) is 39.0 Å². The predicted molar refractivity (Wildman–Crippen MR) is 56.7 cm³/mol. The molecule has 0 aliphatic heterocycles.